The SMILES string of the molecule is CCCc1nc(C)n(-c2ccc3c(c2)C(=O)CC(C)(C)O3)c(=O)c1Cc1ccc(-c2ccccc2-c2noc(=O)[nH]2)cc1.[KH]. The number of Topliss-reactive ketones (excluding diaryl/α,β-unsaturated/α-hetero) is 1. The van der Waals surface area contributed by atoms with Crippen molar-refractivity contribution in [2.75, 3.05) is 0 Å². The van der Waals surface area contributed by atoms with Crippen LogP contribution in [0.1, 0.15) is 66.6 Å². The first kappa shape index (κ1) is 32.0. The molecule has 9 nitrogen and oxygen atoms in total. The zero-order chi connectivity index (χ0) is 30.3. The van der Waals surface area contributed by atoms with Gasteiger partial charge in [-0.2, -0.15) is 0 Å². The second kappa shape index (κ2) is 12.9. The van der Waals surface area contributed by atoms with Crippen molar-refractivity contribution in [3.05, 3.63) is 116 Å². The predicted octanol–water partition coefficient (Wildman–Crippen LogP) is 5.19. The van der Waals surface area contributed by atoms with E-state index in [4.69, 9.17) is 14.2 Å². The Morgan fingerprint density at radius 1 is 0.955 bits per heavy atom. The van der Waals surface area contributed by atoms with Crippen molar-refractivity contribution in [3.63, 3.8) is 0 Å². The molecule has 1 N–H and O–H groups in total. The van der Waals surface area contributed by atoms with Gasteiger partial charge in [-0.25, -0.2) is 9.78 Å². The average molecular weight is 617 g/mol. The molecule has 0 amide bonds. The van der Waals surface area contributed by atoms with Crippen LogP contribution in [0.25, 0.3) is 28.2 Å². The molecule has 2 aromatic heterocycles. The van der Waals surface area contributed by atoms with Crippen LogP contribution in [-0.2, 0) is 12.8 Å². The van der Waals surface area contributed by atoms with Crippen molar-refractivity contribution in [1.29, 1.82) is 0 Å². The van der Waals surface area contributed by atoms with E-state index in [1.807, 2.05) is 69.3 Å². The number of H-pyrrole nitrogens is 1. The molecule has 44 heavy (non-hydrogen) atoms. The van der Waals surface area contributed by atoms with Gasteiger partial charge in [0.05, 0.1) is 23.4 Å². The van der Waals surface area contributed by atoms with Gasteiger partial charge in [0.1, 0.15) is 17.2 Å². The van der Waals surface area contributed by atoms with Gasteiger partial charge in [-0.05, 0) is 62.1 Å². The summed E-state index contributed by atoms with van der Waals surface area (Å²) in [5.41, 5.74) is 5.28. The monoisotopic (exact) mass is 616 g/mol. The molecule has 3 aromatic carbocycles. The Morgan fingerprint density at radius 3 is 2.36 bits per heavy atom. The Hall–Kier alpha value is -3.41. The summed E-state index contributed by atoms with van der Waals surface area (Å²) in [6.45, 7) is 7.67. The van der Waals surface area contributed by atoms with E-state index in [9.17, 15) is 14.4 Å². The number of hydrogen-bond donors (Lipinski definition) is 1. The van der Waals surface area contributed by atoms with Crippen molar-refractivity contribution < 1.29 is 14.1 Å². The van der Waals surface area contributed by atoms with E-state index < -0.39 is 11.4 Å². The number of aromatic amines is 1. The number of nitrogens with zero attached hydrogens (tertiary/aromatic N) is 3. The zero-order valence-electron chi connectivity index (χ0n) is 24.6. The molecule has 1 aliphatic heterocycles. The molecular formula is C34H33KN4O5. The van der Waals surface area contributed by atoms with Gasteiger partial charge in [0.2, 0.25) is 0 Å². The first-order valence-electron chi connectivity index (χ1n) is 14.4. The standard InChI is InChI=1S/C34H32N4O5.K.H/c1-5-8-28-26(17-21-11-13-22(14-12-21)24-9-6-7-10-25(24)31-36-33(41)43-37-31)32(40)38(20(2)35-28)23-15-16-30-27(18-23)29(39)19-34(3,4)42-30;;/h6-7,9-16,18H,5,8,17,19H2,1-4H3,(H,36,37,41);;. The number of fused-ring (bicyclic) bond motifs is 1. The van der Waals surface area contributed by atoms with Crippen LogP contribution in [0.3, 0.4) is 0 Å². The maximum atomic E-state index is 14.1. The van der Waals surface area contributed by atoms with Crippen LogP contribution in [0.2, 0.25) is 0 Å². The number of rotatable bonds is 7. The third-order valence-corrected chi connectivity index (χ3v) is 7.68. The van der Waals surface area contributed by atoms with E-state index in [1.165, 1.54) is 0 Å². The number of carbonyl (C=O) groups excluding carboxylic acids is 1. The summed E-state index contributed by atoms with van der Waals surface area (Å²) in [5.74, 6) is 0.840. The molecule has 0 aliphatic carbocycles. The molecule has 0 atom stereocenters. The summed E-state index contributed by atoms with van der Waals surface area (Å²) < 4.78 is 12.3. The fraction of sp³-hybridized carbons (Fsp3) is 0.265. The molecule has 0 fully saturated rings. The van der Waals surface area contributed by atoms with Gasteiger partial charge >= 0.3 is 57.1 Å². The van der Waals surface area contributed by atoms with Gasteiger partial charge in [0.15, 0.2) is 11.6 Å². The van der Waals surface area contributed by atoms with E-state index in [2.05, 4.69) is 17.1 Å². The minimum absolute atomic E-state index is 0. The molecule has 1 aliphatic rings. The summed E-state index contributed by atoms with van der Waals surface area (Å²) in [4.78, 5) is 46.0. The van der Waals surface area contributed by atoms with Crippen LogP contribution in [0.15, 0.2) is 80.8 Å². The minimum atomic E-state index is -0.611. The number of carbonyl (C=O) groups is 1. The van der Waals surface area contributed by atoms with Crippen molar-refractivity contribution in [3.8, 4) is 34.0 Å². The fourth-order valence-corrected chi connectivity index (χ4v) is 5.72. The van der Waals surface area contributed by atoms with Gasteiger partial charge in [0.25, 0.3) is 5.56 Å². The van der Waals surface area contributed by atoms with Crippen LogP contribution in [0, 0.1) is 6.92 Å². The molecule has 0 radical (unpaired) electrons. The molecular weight excluding hydrogens is 583 g/mol. The molecule has 6 rings (SSSR count). The van der Waals surface area contributed by atoms with Crippen LogP contribution in [0.4, 0.5) is 0 Å². The number of ketones is 1. The van der Waals surface area contributed by atoms with E-state index in [1.54, 1.807) is 22.8 Å². The number of ether oxygens (including phenoxy) is 1. The van der Waals surface area contributed by atoms with E-state index in [0.29, 0.717) is 47.1 Å². The average Bonchev–Trinajstić information content (AvgIpc) is 3.41. The predicted molar refractivity (Wildman–Crippen MR) is 170 cm³/mol. The van der Waals surface area contributed by atoms with Crippen molar-refractivity contribution in [1.82, 2.24) is 19.7 Å². The summed E-state index contributed by atoms with van der Waals surface area (Å²) in [7, 11) is 0. The first-order valence-corrected chi connectivity index (χ1v) is 14.4. The third-order valence-electron chi connectivity index (χ3n) is 7.68. The third kappa shape index (κ3) is 6.36. The Bertz CT molecular complexity index is 1970. The molecule has 0 unspecified atom stereocenters. The number of nitrogens with one attached hydrogen (secondary N) is 1. The Labute approximate surface area is 297 Å². The topological polar surface area (TPSA) is 120 Å². The molecule has 0 spiro atoms. The van der Waals surface area contributed by atoms with Gasteiger partial charge < -0.3 is 4.74 Å². The van der Waals surface area contributed by atoms with Gasteiger partial charge in [-0.3, -0.25) is 23.7 Å². The van der Waals surface area contributed by atoms with Crippen LogP contribution in [-0.4, -0.2) is 82.5 Å². The summed E-state index contributed by atoms with van der Waals surface area (Å²) >= 11 is 0. The number of aromatic nitrogens is 4. The molecule has 0 saturated carbocycles. The molecule has 0 bridgehead atoms. The molecule has 0 saturated heterocycles. The molecule has 3 heterocycles. The summed E-state index contributed by atoms with van der Waals surface area (Å²) in [5, 5.41) is 3.84. The number of aryl methyl sites for hydroxylation is 2. The Morgan fingerprint density at radius 2 is 1.68 bits per heavy atom. The van der Waals surface area contributed by atoms with E-state index in [-0.39, 0.29) is 69.1 Å². The van der Waals surface area contributed by atoms with Crippen molar-refractivity contribution in [2.24, 2.45) is 0 Å². The van der Waals surface area contributed by atoms with Gasteiger partial charge in [-0.1, -0.05) is 67.0 Å². The van der Waals surface area contributed by atoms with E-state index in [0.717, 1.165) is 34.4 Å². The van der Waals surface area contributed by atoms with E-state index >= 15 is 0 Å². The van der Waals surface area contributed by atoms with Crippen molar-refractivity contribution >= 4 is 57.2 Å². The maximum absolute atomic E-state index is 14.1. The van der Waals surface area contributed by atoms with Crippen molar-refractivity contribution in [2.45, 2.75) is 59.0 Å². The molecule has 5 aromatic rings. The fourth-order valence-electron chi connectivity index (χ4n) is 5.72. The number of hydrogen-bond acceptors (Lipinski definition) is 7. The molecule has 10 heteroatoms. The summed E-state index contributed by atoms with van der Waals surface area (Å²) in [6, 6.07) is 20.9. The second-order valence-electron chi connectivity index (χ2n) is 11.5. The van der Waals surface area contributed by atoms with Crippen LogP contribution >= 0.6 is 0 Å². The normalized spacial score (nSPS) is 13.6. The van der Waals surface area contributed by atoms with Gasteiger partial charge in [0, 0.05) is 17.5 Å². The second-order valence-corrected chi connectivity index (χ2v) is 11.5. The molecule has 220 valence electrons. The summed E-state index contributed by atoms with van der Waals surface area (Å²) in [6.07, 6.45) is 2.21. The Balaban J connectivity index is 0.00000384. The van der Waals surface area contributed by atoms with Crippen LogP contribution in [0.5, 0.6) is 5.75 Å². The van der Waals surface area contributed by atoms with Crippen LogP contribution < -0.4 is 16.1 Å². The Kier molecular flexibility index (Phi) is 9.38. The number of benzene rings is 3. The first-order chi connectivity index (χ1) is 20.6. The zero-order valence-corrected chi connectivity index (χ0v) is 24.6. The quantitative estimate of drug-likeness (QED) is 0.250. The van der Waals surface area contributed by atoms with Gasteiger partial charge in [-0.15, -0.1) is 0 Å².